The summed E-state index contributed by atoms with van der Waals surface area (Å²) < 4.78 is 6.92. The Labute approximate surface area is 213 Å². The van der Waals surface area contributed by atoms with Crippen LogP contribution in [0.3, 0.4) is 0 Å². The summed E-state index contributed by atoms with van der Waals surface area (Å²) in [6.45, 7) is 0.942. The lowest BCUT2D eigenvalue weighted by Crippen LogP contribution is -2.30. The van der Waals surface area contributed by atoms with Crippen LogP contribution in [0.1, 0.15) is 21.7 Å². The van der Waals surface area contributed by atoms with E-state index in [0.717, 1.165) is 16.7 Å². The Morgan fingerprint density at radius 2 is 1.62 bits per heavy atom. The summed E-state index contributed by atoms with van der Waals surface area (Å²) in [5.41, 5.74) is 5.01. The highest BCUT2D eigenvalue weighted by molar-refractivity contribution is 6.00. The number of rotatable bonds is 6. The molecule has 1 aliphatic heterocycles. The monoisotopic (exact) mass is 488 g/mol. The van der Waals surface area contributed by atoms with Gasteiger partial charge in [-0.05, 0) is 71.3 Å². The molecule has 0 N–H and O–H groups in total. The molecule has 3 heterocycles. The standard InChI is InChI=1S/C30H24N4O3/c1-37-22-11-9-21(10-12-22)34-28(32-27-8-3-2-5-25(27)30(34)36)15-18-33-19-26-23(20-13-16-31-17-14-20)6-4-7-24(26)29(33)35/h2-14,16-17H,15,18-19H2,1H3. The van der Waals surface area contributed by atoms with E-state index in [1.807, 2.05) is 77.7 Å². The van der Waals surface area contributed by atoms with Gasteiger partial charge in [-0.2, -0.15) is 0 Å². The summed E-state index contributed by atoms with van der Waals surface area (Å²) in [6, 6.07) is 24.4. The van der Waals surface area contributed by atoms with E-state index in [4.69, 9.17) is 9.72 Å². The summed E-state index contributed by atoms with van der Waals surface area (Å²) in [7, 11) is 1.61. The molecule has 1 aliphatic rings. The summed E-state index contributed by atoms with van der Waals surface area (Å²) in [5.74, 6) is 1.30. The maximum absolute atomic E-state index is 13.6. The maximum atomic E-state index is 13.6. The van der Waals surface area contributed by atoms with E-state index >= 15 is 0 Å². The van der Waals surface area contributed by atoms with E-state index in [2.05, 4.69) is 4.98 Å². The van der Waals surface area contributed by atoms with E-state index in [1.165, 1.54) is 0 Å². The fourth-order valence-corrected chi connectivity index (χ4v) is 4.95. The van der Waals surface area contributed by atoms with Gasteiger partial charge in [0.05, 0.1) is 23.7 Å². The Morgan fingerprint density at radius 1 is 0.865 bits per heavy atom. The predicted molar refractivity (Wildman–Crippen MR) is 142 cm³/mol. The SMILES string of the molecule is COc1ccc(-n2c(CCN3Cc4c(cccc4-c4ccncc4)C3=O)nc3ccccc3c2=O)cc1. The number of pyridine rings is 1. The van der Waals surface area contributed by atoms with Crippen molar-refractivity contribution in [3.05, 3.63) is 119 Å². The van der Waals surface area contributed by atoms with E-state index in [9.17, 15) is 9.59 Å². The molecule has 0 atom stereocenters. The van der Waals surface area contributed by atoms with Gasteiger partial charge in [-0.3, -0.25) is 19.1 Å². The lowest BCUT2D eigenvalue weighted by Gasteiger charge is -2.18. The van der Waals surface area contributed by atoms with Gasteiger partial charge in [0.25, 0.3) is 11.5 Å². The number of amides is 1. The van der Waals surface area contributed by atoms with Gasteiger partial charge in [-0.15, -0.1) is 0 Å². The number of benzene rings is 3. The molecule has 1 amide bonds. The molecule has 5 aromatic rings. The molecule has 0 saturated heterocycles. The van der Waals surface area contributed by atoms with Crippen LogP contribution in [-0.2, 0) is 13.0 Å². The topological polar surface area (TPSA) is 77.3 Å². The van der Waals surface area contributed by atoms with Crippen LogP contribution in [-0.4, -0.2) is 39.0 Å². The van der Waals surface area contributed by atoms with Crippen LogP contribution in [0.2, 0.25) is 0 Å². The molecule has 37 heavy (non-hydrogen) atoms. The van der Waals surface area contributed by atoms with E-state index in [1.54, 1.807) is 30.1 Å². The zero-order valence-corrected chi connectivity index (χ0v) is 20.3. The van der Waals surface area contributed by atoms with Crippen molar-refractivity contribution in [2.45, 2.75) is 13.0 Å². The molecule has 0 aliphatic carbocycles. The number of aromatic nitrogens is 3. The van der Waals surface area contributed by atoms with Gasteiger partial charge >= 0.3 is 0 Å². The highest BCUT2D eigenvalue weighted by atomic mass is 16.5. The van der Waals surface area contributed by atoms with Gasteiger partial charge in [-0.1, -0.05) is 24.3 Å². The average Bonchev–Trinajstić information content (AvgIpc) is 3.28. The van der Waals surface area contributed by atoms with E-state index in [0.29, 0.717) is 53.2 Å². The van der Waals surface area contributed by atoms with Crippen molar-refractivity contribution in [1.82, 2.24) is 19.4 Å². The zero-order valence-electron chi connectivity index (χ0n) is 20.3. The van der Waals surface area contributed by atoms with Crippen molar-refractivity contribution in [2.24, 2.45) is 0 Å². The third-order valence-electron chi connectivity index (χ3n) is 6.82. The van der Waals surface area contributed by atoms with Crippen LogP contribution in [0.25, 0.3) is 27.7 Å². The number of carbonyl (C=O) groups excluding carboxylic acids is 1. The van der Waals surface area contributed by atoms with Crippen LogP contribution >= 0.6 is 0 Å². The van der Waals surface area contributed by atoms with Gasteiger partial charge in [0.15, 0.2) is 0 Å². The molecular formula is C30H24N4O3. The number of carbonyl (C=O) groups is 1. The highest BCUT2D eigenvalue weighted by Crippen LogP contribution is 2.32. The quantitative estimate of drug-likeness (QED) is 0.348. The van der Waals surface area contributed by atoms with Crippen LogP contribution in [0, 0.1) is 0 Å². The Bertz CT molecular complexity index is 1680. The minimum Gasteiger partial charge on any atom is -0.497 e. The second-order valence-electron chi connectivity index (χ2n) is 8.93. The van der Waals surface area contributed by atoms with Gasteiger partial charge in [0.1, 0.15) is 11.6 Å². The summed E-state index contributed by atoms with van der Waals surface area (Å²) in [5, 5.41) is 0.550. The lowest BCUT2D eigenvalue weighted by atomic mass is 9.98. The van der Waals surface area contributed by atoms with Crippen molar-refractivity contribution in [3.63, 3.8) is 0 Å². The molecule has 7 nitrogen and oxygen atoms in total. The molecule has 0 saturated carbocycles. The number of ether oxygens (including phenoxy) is 1. The Balaban J connectivity index is 1.35. The molecule has 0 radical (unpaired) electrons. The fourth-order valence-electron chi connectivity index (χ4n) is 4.95. The third-order valence-corrected chi connectivity index (χ3v) is 6.82. The number of fused-ring (bicyclic) bond motifs is 2. The first-order chi connectivity index (χ1) is 18.1. The van der Waals surface area contributed by atoms with Crippen molar-refractivity contribution in [2.75, 3.05) is 13.7 Å². The van der Waals surface area contributed by atoms with Crippen molar-refractivity contribution < 1.29 is 9.53 Å². The van der Waals surface area contributed by atoms with Crippen molar-refractivity contribution >= 4 is 16.8 Å². The number of methoxy groups -OCH3 is 1. The number of hydrogen-bond donors (Lipinski definition) is 0. The number of hydrogen-bond acceptors (Lipinski definition) is 5. The smallest absolute Gasteiger partial charge is 0.265 e. The van der Waals surface area contributed by atoms with Crippen LogP contribution < -0.4 is 10.3 Å². The minimum absolute atomic E-state index is 0.00922. The number of nitrogens with zero attached hydrogens (tertiary/aromatic N) is 4. The van der Waals surface area contributed by atoms with Crippen LogP contribution in [0.5, 0.6) is 5.75 Å². The average molecular weight is 489 g/mol. The Hall–Kier alpha value is -4.78. The van der Waals surface area contributed by atoms with Gasteiger partial charge < -0.3 is 9.64 Å². The van der Waals surface area contributed by atoms with Gasteiger partial charge in [-0.25, -0.2) is 4.98 Å². The maximum Gasteiger partial charge on any atom is 0.265 e. The normalized spacial score (nSPS) is 12.7. The zero-order chi connectivity index (χ0) is 25.4. The van der Waals surface area contributed by atoms with Gasteiger partial charge in [0.2, 0.25) is 0 Å². The molecule has 3 aromatic carbocycles. The van der Waals surface area contributed by atoms with E-state index in [-0.39, 0.29) is 11.5 Å². The molecule has 0 fully saturated rings. The molecular weight excluding hydrogens is 464 g/mol. The van der Waals surface area contributed by atoms with Gasteiger partial charge in [0, 0.05) is 37.5 Å². The first-order valence-corrected chi connectivity index (χ1v) is 12.1. The predicted octanol–water partition coefficient (Wildman–Crippen LogP) is 4.65. The van der Waals surface area contributed by atoms with Crippen molar-refractivity contribution in [3.8, 4) is 22.6 Å². The first-order valence-electron chi connectivity index (χ1n) is 12.1. The van der Waals surface area contributed by atoms with Crippen LogP contribution in [0.15, 0.2) is 96.1 Å². The molecule has 0 unspecified atom stereocenters. The van der Waals surface area contributed by atoms with E-state index < -0.39 is 0 Å². The Morgan fingerprint density at radius 3 is 2.41 bits per heavy atom. The molecule has 0 spiro atoms. The number of para-hydroxylation sites is 1. The third kappa shape index (κ3) is 4.04. The Kier molecular flexibility index (Phi) is 5.73. The summed E-state index contributed by atoms with van der Waals surface area (Å²) in [4.78, 5) is 37.6. The molecule has 0 bridgehead atoms. The lowest BCUT2D eigenvalue weighted by molar-refractivity contribution is 0.0779. The largest absolute Gasteiger partial charge is 0.497 e. The molecule has 182 valence electrons. The first kappa shape index (κ1) is 22.7. The molecule has 6 rings (SSSR count). The summed E-state index contributed by atoms with van der Waals surface area (Å²) >= 11 is 0. The van der Waals surface area contributed by atoms with Crippen LogP contribution in [0.4, 0.5) is 0 Å². The second kappa shape index (κ2) is 9.35. The minimum atomic E-state index is -0.137. The molecule has 2 aromatic heterocycles. The van der Waals surface area contributed by atoms with Crippen molar-refractivity contribution in [1.29, 1.82) is 0 Å². The second-order valence-corrected chi connectivity index (χ2v) is 8.93. The molecule has 7 heteroatoms. The highest BCUT2D eigenvalue weighted by Gasteiger charge is 2.29. The fraction of sp³-hybridized carbons (Fsp3) is 0.133. The summed E-state index contributed by atoms with van der Waals surface area (Å²) in [6.07, 6.45) is 3.94.